The zero-order valence-corrected chi connectivity index (χ0v) is 18.7. The molecular formula is C21H42N4O6. The highest BCUT2D eigenvalue weighted by atomic mass is 16.5. The fourth-order valence-electron chi connectivity index (χ4n) is 2.81. The Morgan fingerprint density at radius 2 is 1.42 bits per heavy atom. The van der Waals surface area contributed by atoms with Crippen molar-refractivity contribution in [2.75, 3.05) is 46.1 Å². The van der Waals surface area contributed by atoms with E-state index in [0.717, 1.165) is 51.4 Å². The van der Waals surface area contributed by atoms with Gasteiger partial charge in [-0.1, -0.05) is 38.5 Å². The number of rotatable bonds is 22. The minimum absolute atomic E-state index is 0.00435. The summed E-state index contributed by atoms with van der Waals surface area (Å²) >= 11 is 0. The minimum Gasteiger partial charge on any atom is -0.481 e. The van der Waals surface area contributed by atoms with Crippen molar-refractivity contribution in [1.82, 2.24) is 10.6 Å². The number of hydrogen-bond donors (Lipinski definition) is 5. The Kier molecular flexibility index (Phi) is 20.3. The molecule has 10 heteroatoms. The van der Waals surface area contributed by atoms with E-state index >= 15 is 0 Å². The van der Waals surface area contributed by atoms with Gasteiger partial charge in [-0.25, -0.2) is 0 Å². The van der Waals surface area contributed by atoms with Gasteiger partial charge in [0.1, 0.15) is 6.61 Å². The number of carbonyl (C=O) groups excluding carboxylic acids is 2. The summed E-state index contributed by atoms with van der Waals surface area (Å²) in [6.07, 6.45) is 8.95. The van der Waals surface area contributed by atoms with Crippen LogP contribution in [0.15, 0.2) is 0 Å². The molecule has 1 atom stereocenters. The van der Waals surface area contributed by atoms with E-state index in [1.54, 1.807) is 0 Å². The van der Waals surface area contributed by atoms with Gasteiger partial charge in [0.25, 0.3) is 0 Å². The number of carboxylic acids is 1. The first-order valence-electron chi connectivity index (χ1n) is 11.3. The Bertz CT molecular complexity index is 479. The maximum Gasteiger partial charge on any atom is 0.303 e. The summed E-state index contributed by atoms with van der Waals surface area (Å²) in [6.45, 7) is 2.37. The molecule has 0 aromatic carbocycles. The summed E-state index contributed by atoms with van der Waals surface area (Å²) in [5.41, 5.74) is 11.0. The van der Waals surface area contributed by atoms with Crippen LogP contribution in [0.25, 0.3) is 0 Å². The van der Waals surface area contributed by atoms with Gasteiger partial charge in [0.2, 0.25) is 11.8 Å². The molecule has 0 aliphatic rings. The van der Waals surface area contributed by atoms with Crippen molar-refractivity contribution in [3.8, 4) is 0 Å². The second kappa shape index (κ2) is 21.5. The highest BCUT2D eigenvalue weighted by molar-refractivity contribution is 5.81. The summed E-state index contributed by atoms with van der Waals surface area (Å²) in [5, 5.41) is 14.0. The molecule has 0 radical (unpaired) electrons. The van der Waals surface area contributed by atoms with Crippen molar-refractivity contribution >= 4 is 17.8 Å². The molecule has 0 saturated heterocycles. The molecular weight excluding hydrogens is 404 g/mol. The van der Waals surface area contributed by atoms with E-state index in [-0.39, 0.29) is 24.8 Å². The van der Waals surface area contributed by atoms with Crippen molar-refractivity contribution in [3.05, 3.63) is 0 Å². The molecule has 182 valence electrons. The molecule has 0 bridgehead atoms. The van der Waals surface area contributed by atoms with E-state index in [2.05, 4.69) is 10.6 Å². The normalized spacial score (nSPS) is 11.8. The van der Waals surface area contributed by atoms with Crippen LogP contribution in [0.5, 0.6) is 0 Å². The predicted octanol–water partition coefficient (Wildman–Crippen LogP) is 0.524. The van der Waals surface area contributed by atoms with Crippen LogP contribution in [0.4, 0.5) is 0 Å². The lowest BCUT2D eigenvalue weighted by Gasteiger charge is -2.11. The number of ether oxygens (including phenoxy) is 2. The molecule has 0 saturated carbocycles. The Hall–Kier alpha value is -1.75. The fourth-order valence-corrected chi connectivity index (χ4v) is 2.81. The molecule has 0 aliphatic carbocycles. The molecule has 0 aromatic rings. The maximum absolute atomic E-state index is 11.7. The first-order valence-corrected chi connectivity index (χ1v) is 11.3. The van der Waals surface area contributed by atoms with E-state index in [1.807, 2.05) is 0 Å². The second-order valence-corrected chi connectivity index (χ2v) is 7.46. The first-order chi connectivity index (χ1) is 15.0. The number of aliphatic carboxylic acids is 1. The van der Waals surface area contributed by atoms with Gasteiger partial charge in [0.15, 0.2) is 0 Å². The van der Waals surface area contributed by atoms with Gasteiger partial charge in [-0.3, -0.25) is 14.4 Å². The quantitative estimate of drug-likeness (QED) is 0.150. The number of nitrogens with two attached hydrogens (primary N) is 2. The third-order valence-corrected chi connectivity index (χ3v) is 4.60. The number of nitrogens with one attached hydrogen (secondary N) is 2. The molecule has 10 nitrogen and oxygen atoms in total. The number of carboxylic acid groups (broad SMARTS) is 1. The van der Waals surface area contributed by atoms with Crippen molar-refractivity contribution in [2.24, 2.45) is 11.5 Å². The third-order valence-electron chi connectivity index (χ3n) is 4.60. The predicted molar refractivity (Wildman–Crippen MR) is 118 cm³/mol. The second-order valence-electron chi connectivity index (χ2n) is 7.46. The summed E-state index contributed by atoms with van der Waals surface area (Å²) in [6, 6.07) is -0.589. The summed E-state index contributed by atoms with van der Waals surface area (Å²) in [5.74, 6) is -1.10. The monoisotopic (exact) mass is 446 g/mol. The molecule has 0 rings (SSSR count). The highest BCUT2D eigenvalue weighted by Gasteiger charge is 2.10. The molecule has 31 heavy (non-hydrogen) atoms. The van der Waals surface area contributed by atoms with Crippen LogP contribution < -0.4 is 22.1 Å². The third kappa shape index (κ3) is 21.3. The Balaban J connectivity index is 3.30. The first kappa shape index (κ1) is 29.2. The van der Waals surface area contributed by atoms with Gasteiger partial charge in [0.05, 0.1) is 25.9 Å². The van der Waals surface area contributed by atoms with Crippen LogP contribution in [-0.4, -0.2) is 75.0 Å². The van der Waals surface area contributed by atoms with Crippen molar-refractivity contribution in [3.63, 3.8) is 0 Å². The molecule has 0 unspecified atom stereocenters. The summed E-state index contributed by atoms with van der Waals surface area (Å²) in [4.78, 5) is 33.6. The average Bonchev–Trinajstić information content (AvgIpc) is 2.73. The van der Waals surface area contributed by atoms with Gasteiger partial charge in [-0.05, 0) is 25.8 Å². The number of carbonyl (C=O) groups is 3. The Morgan fingerprint density at radius 3 is 2.06 bits per heavy atom. The molecule has 0 fully saturated rings. The van der Waals surface area contributed by atoms with E-state index in [4.69, 9.17) is 26.0 Å². The topological polar surface area (TPSA) is 166 Å². The van der Waals surface area contributed by atoms with E-state index < -0.39 is 12.0 Å². The maximum atomic E-state index is 11.7. The lowest BCUT2D eigenvalue weighted by Crippen LogP contribution is -2.42. The van der Waals surface area contributed by atoms with E-state index in [1.165, 1.54) is 0 Å². The molecule has 2 amide bonds. The highest BCUT2D eigenvalue weighted by Crippen LogP contribution is 2.09. The largest absolute Gasteiger partial charge is 0.481 e. The van der Waals surface area contributed by atoms with Crippen LogP contribution in [0.1, 0.15) is 64.2 Å². The Labute approximate surface area is 185 Å². The number of hydrogen-bond acceptors (Lipinski definition) is 7. The Morgan fingerprint density at radius 1 is 0.806 bits per heavy atom. The van der Waals surface area contributed by atoms with Gasteiger partial charge in [-0.2, -0.15) is 0 Å². The van der Waals surface area contributed by atoms with Gasteiger partial charge in [-0.15, -0.1) is 0 Å². The van der Waals surface area contributed by atoms with E-state index in [0.29, 0.717) is 45.9 Å². The van der Waals surface area contributed by atoms with Gasteiger partial charge in [0, 0.05) is 19.5 Å². The van der Waals surface area contributed by atoms with Crippen LogP contribution in [0, 0.1) is 0 Å². The zero-order chi connectivity index (χ0) is 23.2. The average molecular weight is 447 g/mol. The number of unbranched alkanes of at least 4 members (excludes halogenated alkanes) is 7. The SMILES string of the molecule is NCC[C@H](N)C(=O)NCCOCCOCC(=O)NCCCCCCCCCCC(=O)O. The van der Waals surface area contributed by atoms with E-state index in [9.17, 15) is 14.4 Å². The molecule has 7 N–H and O–H groups in total. The smallest absolute Gasteiger partial charge is 0.303 e. The molecule has 0 aromatic heterocycles. The van der Waals surface area contributed by atoms with Crippen LogP contribution in [-0.2, 0) is 23.9 Å². The standard InChI is InChI=1S/C21H42N4O6/c22-11-10-18(23)21(29)25-13-14-30-15-16-31-17-19(26)24-12-8-6-4-2-1-3-5-7-9-20(27)28/h18H,1-17,22-23H2,(H,24,26)(H,25,29)(H,27,28)/t18-/m0/s1. The lowest BCUT2D eigenvalue weighted by atomic mass is 10.1. The molecule has 0 aliphatic heterocycles. The number of amides is 2. The molecule has 0 heterocycles. The zero-order valence-electron chi connectivity index (χ0n) is 18.7. The van der Waals surface area contributed by atoms with Crippen molar-refractivity contribution in [2.45, 2.75) is 70.3 Å². The lowest BCUT2D eigenvalue weighted by molar-refractivity contribution is -0.137. The van der Waals surface area contributed by atoms with Gasteiger partial charge >= 0.3 is 5.97 Å². The minimum atomic E-state index is -0.719. The molecule has 0 spiro atoms. The van der Waals surface area contributed by atoms with Crippen LogP contribution in [0.3, 0.4) is 0 Å². The van der Waals surface area contributed by atoms with Crippen LogP contribution >= 0.6 is 0 Å². The van der Waals surface area contributed by atoms with Crippen LogP contribution in [0.2, 0.25) is 0 Å². The van der Waals surface area contributed by atoms with Crippen molar-refractivity contribution < 1.29 is 29.0 Å². The van der Waals surface area contributed by atoms with Gasteiger partial charge < -0.3 is 36.7 Å². The fraction of sp³-hybridized carbons (Fsp3) is 0.857. The summed E-state index contributed by atoms with van der Waals surface area (Å²) in [7, 11) is 0. The summed E-state index contributed by atoms with van der Waals surface area (Å²) < 4.78 is 10.6. The van der Waals surface area contributed by atoms with Crippen molar-refractivity contribution in [1.29, 1.82) is 0 Å².